The second-order valence-corrected chi connectivity index (χ2v) is 36.0. The monoisotopic (exact) mass is 1910 g/mol. The van der Waals surface area contributed by atoms with Gasteiger partial charge in [0.25, 0.3) is 0 Å². The maximum absolute atomic E-state index is 12.5. The number of ether oxygens (including phenoxy) is 4. The van der Waals surface area contributed by atoms with Gasteiger partial charge in [-0.15, -0.1) is 0 Å². The third-order valence-corrected chi connectivity index (χ3v) is 26.8. The Kier molecular flexibility index (Phi) is 23.9. The summed E-state index contributed by atoms with van der Waals surface area (Å²) in [5, 5.41) is 55.1. The molecule has 26 nitrogen and oxygen atoms in total. The number of furan rings is 4. The van der Waals surface area contributed by atoms with Crippen LogP contribution in [0.2, 0.25) is 0 Å². The first kappa shape index (κ1) is 91.9. The molecule has 8 aromatic carbocycles. The lowest BCUT2D eigenvalue weighted by atomic mass is 10.0. The largest absolute Gasteiger partial charge is 0.485 e. The second kappa shape index (κ2) is 37.4. The molecule has 0 aliphatic carbocycles. The van der Waals surface area contributed by atoms with Crippen LogP contribution in [-0.2, 0) is 0 Å². The van der Waals surface area contributed by atoms with Crippen LogP contribution < -0.4 is 18.9 Å². The van der Waals surface area contributed by atoms with Gasteiger partial charge in [-0.2, -0.15) is 10.2 Å². The zero-order valence-electron chi connectivity index (χ0n) is 80.3. The molecule has 0 bridgehead atoms. The van der Waals surface area contributed by atoms with Crippen molar-refractivity contribution < 1.29 is 76.2 Å². The van der Waals surface area contributed by atoms with Gasteiger partial charge in [-0.1, -0.05) is 97.1 Å². The maximum atomic E-state index is 12.5. The van der Waals surface area contributed by atoms with Crippen molar-refractivity contribution in [2.24, 2.45) is 0 Å². The highest BCUT2D eigenvalue weighted by atomic mass is 16.5. The predicted octanol–water partition coefficient (Wildman–Crippen LogP) is 28.2. The standard InChI is InChI=1S/2C30H24N2O4.2C29H23N3O4/c2*1-17-10-11-26(35-19(3)20-12-14-32-13-6-7-21(32)15-20)27-23(30(33)34)16-24(31-28(17)27)29-18(2)22-8-4-5-9-25(22)36-29;2*1-16-8-9-25(35-18(3)19-11-13-32-20(14-19)10-12-30-32)26-22(29(33)34)15-23(31-27(16)26)28-17(2)21-6-4-5-7-24(21)36-28/h2*4-16,19H,1-3H3,(H,33,34);2*4-15,18H,1-3H3,(H,33,34)/t2*19-;2*18-/m1010/s1. The number of aromatic nitrogens is 10. The number of fused-ring (bicyclic) bond motifs is 12. The Balaban J connectivity index is 0.000000113. The molecule has 144 heavy (non-hydrogen) atoms. The van der Waals surface area contributed by atoms with Crippen LogP contribution in [0.3, 0.4) is 0 Å². The number of pyridine rings is 8. The zero-order valence-corrected chi connectivity index (χ0v) is 80.3. The quantitative estimate of drug-likeness (QED) is 0.0551. The number of nitrogens with zero attached hydrogens (tertiary/aromatic N) is 10. The molecular formula is C118H94N10O16. The lowest BCUT2D eigenvalue weighted by Gasteiger charge is -2.19. The van der Waals surface area contributed by atoms with Crippen LogP contribution in [-0.4, -0.2) is 92.3 Å². The minimum Gasteiger partial charge on any atom is -0.485 e. The van der Waals surface area contributed by atoms with Gasteiger partial charge in [0.2, 0.25) is 0 Å². The number of aromatic carboxylic acids is 4. The molecule has 0 fully saturated rings. The van der Waals surface area contributed by atoms with Crippen molar-refractivity contribution in [2.75, 3.05) is 0 Å². The van der Waals surface area contributed by atoms with Crippen molar-refractivity contribution in [3.8, 4) is 68.8 Å². The summed E-state index contributed by atoms with van der Waals surface area (Å²) >= 11 is 0. The molecule has 0 aliphatic rings. The Labute approximate surface area is 822 Å². The van der Waals surface area contributed by atoms with E-state index < -0.39 is 23.9 Å². The van der Waals surface area contributed by atoms with E-state index in [9.17, 15) is 39.6 Å². The highest BCUT2D eigenvalue weighted by Crippen LogP contribution is 2.46. The topological polar surface area (TPSA) is 334 Å². The summed E-state index contributed by atoms with van der Waals surface area (Å²) in [4.78, 5) is 69.4. The number of hydrogen-bond acceptors (Lipinski definition) is 18. The van der Waals surface area contributed by atoms with Gasteiger partial charge < -0.3 is 65.8 Å². The summed E-state index contributed by atoms with van der Waals surface area (Å²) in [5.74, 6) is -0.0357. The molecule has 4 N–H and O–H groups in total. The molecule has 712 valence electrons. The average Bonchev–Trinajstić information content (AvgIpc) is 1.37. The summed E-state index contributed by atoms with van der Waals surface area (Å²) in [5.41, 5.74) is 22.7. The fraction of sp³-hybridized carbons (Fsp3) is 0.136. The number of rotatable bonds is 20. The number of carboxylic acids is 4. The van der Waals surface area contributed by atoms with Crippen LogP contribution in [0.15, 0.2) is 322 Å². The van der Waals surface area contributed by atoms with E-state index in [0.717, 1.165) is 133 Å². The van der Waals surface area contributed by atoms with Gasteiger partial charge >= 0.3 is 23.9 Å². The molecule has 16 aromatic heterocycles. The van der Waals surface area contributed by atoms with E-state index in [0.29, 0.717) is 112 Å². The molecular weight excluding hydrogens is 1810 g/mol. The first-order chi connectivity index (χ1) is 69.6. The molecule has 0 aliphatic heterocycles. The van der Waals surface area contributed by atoms with Crippen LogP contribution >= 0.6 is 0 Å². The fourth-order valence-electron chi connectivity index (χ4n) is 19.0. The molecule has 26 heteroatoms. The van der Waals surface area contributed by atoms with Crippen molar-refractivity contribution in [3.63, 3.8) is 0 Å². The van der Waals surface area contributed by atoms with E-state index >= 15 is 0 Å². The summed E-state index contributed by atoms with van der Waals surface area (Å²) in [6.45, 7) is 23.3. The average molecular weight is 1910 g/mol. The molecule has 16 heterocycles. The fourth-order valence-corrected chi connectivity index (χ4v) is 19.0. The number of aryl methyl sites for hydroxylation is 8. The predicted molar refractivity (Wildman–Crippen MR) is 555 cm³/mol. The third kappa shape index (κ3) is 17.1. The number of carboxylic acid groups (broad SMARTS) is 4. The van der Waals surface area contributed by atoms with Crippen molar-refractivity contribution in [2.45, 2.75) is 108 Å². The Morgan fingerprint density at radius 2 is 0.528 bits per heavy atom. The van der Waals surface area contributed by atoms with Gasteiger partial charge in [0, 0.05) is 104 Å². The van der Waals surface area contributed by atoms with Crippen LogP contribution in [0.5, 0.6) is 23.0 Å². The molecule has 0 spiro atoms. The van der Waals surface area contributed by atoms with Crippen molar-refractivity contribution in [3.05, 3.63) is 393 Å². The first-order valence-corrected chi connectivity index (χ1v) is 46.9. The molecule has 4 atom stereocenters. The summed E-state index contributed by atoms with van der Waals surface area (Å²) < 4.78 is 57.5. The summed E-state index contributed by atoms with van der Waals surface area (Å²) in [6.07, 6.45) is 14.0. The van der Waals surface area contributed by atoms with E-state index in [1.165, 1.54) is 0 Å². The molecule has 0 amide bonds. The lowest BCUT2D eigenvalue weighted by Crippen LogP contribution is -2.07. The van der Waals surface area contributed by atoms with Gasteiger partial charge in [-0.05, 0) is 285 Å². The van der Waals surface area contributed by atoms with Crippen LogP contribution in [0.1, 0.15) is 160 Å². The van der Waals surface area contributed by atoms with Gasteiger partial charge in [-0.25, -0.2) is 48.1 Å². The molecule has 24 rings (SSSR count). The van der Waals surface area contributed by atoms with E-state index in [1.54, 1.807) is 45.7 Å². The minimum absolute atomic E-state index is 0.118. The van der Waals surface area contributed by atoms with Crippen LogP contribution in [0.25, 0.3) is 155 Å². The second-order valence-electron chi connectivity index (χ2n) is 36.0. The SMILES string of the molecule is Cc1c(-c2cc(C(=O)O)c3c(O[C@@H](C)c4ccn5cccc5c4)ccc(C)c3n2)oc2ccccc12.Cc1c(-c2cc(C(=O)O)c3c(O[C@@H](C)c4ccn5nccc5c4)ccc(C)c3n2)oc2ccccc12.Cc1c(-c2cc(C(=O)O)c3c(O[C@H](C)c4ccn5cccc5c4)ccc(C)c3n2)oc2ccccc12.Cc1c(-c2cc(C(=O)O)c3c(O[C@H](C)c4ccn5nccc5c4)ccc(C)c3n2)oc2ccccc12. The Hall–Kier alpha value is -18.5. The number of hydrogen-bond donors (Lipinski definition) is 4. The van der Waals surface area contributed by atoms with Crippen LogP contribution in [0.4, 0.5) is 0 Å². The molecule has 0 saturated heterocycles. The Bertz CT molecular complexity index is 8240. The van der Waals surface area contributed by atoms with E-state index in [1.807, 2.05) is 347 Å². The van der Waals surface area contributed by atoms with Crippen molar-refractivity contribution in [1.82, 2.24) is 48.0 Å². The normalized spacial score (nSPS) is 12.4. The smallest absolute Gasteiger partial charge is 0.336 e. The van der Waals surface area contributed by atoms with Crippen LogP contribution in [0, 0.1) is 55.4 Å². The number of para-hydroxylation sites is 4. The van der Waals surface area contributed by atoms with Gasteiger partial charge in [0.1, 0.15) is 92.5 Å². The van der Waals surface area contributed by atoms with E-state index in [2.05, 4.69) is 22.3 Å². The summed E-state index contributed by atoms with van der Waals surface area (Å²) in [6, 6.07) is 80.1. The van der Waals surface area contributed by atoms with E-state index in [-0.39, 0.29) is 46.7 Å². The number of carbonyl (C=O) groups is 4. The Morgan fingerprint density at radius 1 is 0.278 bits per heavy atom. The summed E-state index contributed by atoms with van der Waals surface area (Å²) in [7, 11) is 0. The minimum atomic E-state index is -1.05. The maximum Gasteiger partial charge on any atom is 0.336 e. The van der Waals surface area contributed by atoms with Gasteiger partial charge in [0.15, 0.2) is 23.0 Å². The molecule has 0 radical (unpaired) electrons. The number of benzene rings is 8. The zero-order chi connectivity index (χ0) is 99.9. The van der Waals surface area contributed by atoms with Crippen molar-refractivity contribution >= 4 is 133 Å². The van der Waals surface area contributed by atoms with Crippen molar-refractivity contribution in [1.29, 1.82) is 0 Å². The lowest BCUT2D eigenvalue weighted by molar-refractivity contribution is 0.0687. The highest BCUT2D eigenvalue weighted by Gasteiger charge is 2.30. The Morgan fingerprint density at radius 3 is 0.785 bits per heavy atom. The highest BCUT2D eigenvalue weighted by molar-refractivity contribution is 6.11. The first-order valence-electron chi connectivity index (χ1n) is 46.9. The van der Waals surface area contributed by atoms with E-state index in [4.69, 9.17) is 56.6 Å². The van der Waals surface area contributed by atoms with Gasteiger partial charge in [0.05, 0.1) is 76.9 Å². The van der Waals surface area contributed by atoms with Gasteiger partial charge in [-0.3, -0.25) is 0 Å². The third-order valence-electron chi connectivity index (χ3n) is 26.8. The molecule has 0 unspecified atom stereocenters. The molecule has 0 saturated carbocycles. The molecule has 24 aromatic rings.